The fraction of sp³-hybridized carbons (Fsp3) is 0.923. The summed E-state index contributed by atoms with van der Waals surface area (Å²) in [5.74, 6) is -0.000145. The number of carbonyl (C=O) groups excluding carboxylic acids is 1. The van der Waals surface area contributed by atoms with Crippen molar-refractivity contribution in [3.63, 3.8) is 0 Å². The zero-order valence-electron chi connectivity index (χ0n) is 11.6. The van der Waals surface area contributed by atoms with E-state index in [2.05, 4.69) is 24.1 Å². The fourth-order valence-corrected chi connectivity index (χ4v) is 1.98. The molecule has 0 spiro atoms. The topological polar surface area (TPSA) is 50.8 Å². The van der Waals surface area contributed by atoms with Gasteiger partial charge in [0.25, 0.3) is 0 Å². The Morgan fingerprint density at radius 1 is 1.39 bits per heavy atom. The van der Waals surface area contributed by atoms with Gasteiger partial charge in [-0.05, 0) is 25.9 Å². The summed E-state index contributed by atoms with van der Waals surface area (Å²) in [5, 5.41) is 2.84. The molecule has 5 heteroatoms. The predicted octanol–water partition coefficient (Wildman–Crippen LogP) is 0.640. The van der Waals surface area contributed by atoms with Crippen LogP contribution in [0.3, 0.4) is 0 Å². The van der Waals surface area contributed by atoms with E-state index in [-0.39, 0.29) is 12.0 Å². The van der Waals surface area contributed by atoms with Crippen molar-refractivity contribution in [3.05, 3.63) is 0 Å². The highest BCUT2D eigenvalue weighted by Crippen LogP contribution is 2.11. The van der Waals surface area contributed by atoms with Gasteiger partial charge in [0.1, 0.15) is 6.10 Å². The van der Waals surface area contributed by atoms with Gasteiger partial charge in [-0.2, -0.15) is 0 Å². The molecule has 18 heavy (non-hydrogen) atoms. The molecule has 1 aliphatic rings. The molecular weight excluding hydrogens is 232 g/mol. The Balaban J connectivity index is 1.93. The van der Waals surface area contributed by atoms with Gasteiger partial charge in [0.05, 0.1) is 13.2 Å². The van der Waals surface area contributed by atoms with Crippen molar-refractivity contribution in [2.45, 2.75) is 32.8 Å². The fourth-order valence-electron chi connectivity index (χ4n) is 1.98. The number of nitrogens with one attached hydrogen (secondary N) is 1. The Bertz CT molecular complexity index is 226. The van der Waals surface area contributed by atoms with Gasteiger partial charge in [-0.3, -0.25) is 4.79 Å². The maximum atomic E-state index is 11.6. The molecular formula is C13H26N2O3. The highest BCUT2D eigenvalue weighted by atomic mass is 16.5. The van der Waals surface area contributed by atoms with Gasteiger partial charge in [-0.25, -0.2) is 0 Å². The van der Waals surface area contributed by atoms with Crippen LogP contribution in [-0.4, -0.2) is 62.9 Å². The molecule has 0 aromatic heterocycles. The second kappa shape index (κ2) is 9.30. The average Bonchev–Trinajstić information content (AvgIpc) is 2.92. The number of hydrogen-bond acceptors (Lipinski definition) is 4. The molecule has 1 unspecified atom stereocenters. The Labute approximate surface area is 110 Å². The van der Waals surface area contributed by atoms with Gasteiger partial charge in [0, 0.05) is 19.7 Å². The molecule has 0 bridgehead atoms. The third-order valence-electron chi connectivity index (χ3n) is 3.21. The molecule has 1 saturated heterocycles. The standard InChI is InChI=1S/C13H26N2O3/c1-3-15(4-2)8-11-17-10-7-14-13(16)12-6-5-9-18-12/h12H,3-11H2,1-2H3,(H,14,16). The van der Waals surface area contributed by atoms with Crippen LogP contribution in [0, 0.1) is 0 Å². The highest BCUT2D eigenvalue weighted by molar-refractivity contribution is 5.80. The minimum atomic E-state index is -0.235. The molecule has 1 atom stereocenters. The third-order valence-corrected chi connectivity index (χ3v) is 3.21. The van der Waals surface area contributed by atoms with Crippen molar-refractivity contribution < 1.29 is 14.3 Å². The van der Waals surface area contributed by atoms with Crippen molar-refractivity contribution in [1.82, 2.24) is 10.2 Å². The van der Waals surface area contributed by atoms with E-state index in [4.69, 9.17) is 9.47 Å². The van der Waals surface area contributed by atoms with Crippen LogP contribution in [0.4, 0.5) is 0 Å². The predicted molar refractivity (Wildman–Crippen MR) is 70.6 cm³/mol. The van der Waals surface area contributed by atoms with Crippen LogP contribution in [0.5, 0.6) is 0 Å². The van der Waals surface area contributed by atoms with E-state index in [0.29, 0.717) is 19.8 Å². The number of amides is 1. The normalized spacial score (nSPS) is 19.4. The first-order chi connectivity index (χ1) is 8.77. The zero-order chi connectivity index (χ0) is 13.2. The van der Waals surface area contributed by atoms with E-state index >= 15 is 0 Å². The molecule has 0 radical (unpaired) electrons. The number of carbonyl (C=O) groups is 1. The van der Waals surface area contributed by atoms with Gasteiger partial charge in [0.2, 0.25) is 5.91 Å². The third kappa shape index (κ3) is 5.80. The highest BCUT2D eigenvalue weighted by Gasteiger charge is 2.22. The van der Waals surface area contributed by atoms with Crippen molar-refractivity contribution in [2.75, 3.05) is 46.0 Å². The molecule has 1 rings (SSSR count). The lowest BCUT2D eigenvalue weighted by molar-refractivity contribution is -0.130. The molecule has 0 aliphatic carbocycles. The van der Waals surface area contributed by atoms with Crippen LogP contribution in [-0.2, 0) is 14.3 Å². The Kier molecular flexibility index (Phi) is 7.96. The van der Waals surface area contributed by atoms with Crippen LogP contribution < -0.4 is 5.32 Å². The smallest absolute Gasteiger partial charge is 0.249 e. The maximum Gasteiger partial charge on any atom is 0.249 e. The molecule has 1 fully saturated rings. The first-order valence-corrected chi connectivity index (χ1v) is 6.97. The summed E-state index contributed by atoms with van der Waals surface area (Å²) in [6.45, 7) is 9.90. The summed E-state index contributed by atoms with van der Waals surface area (Å²) >= 11 is 0. The summed E-state index contributed by atoms with van der Waals surface area (Å²) < 4.78 is 10.8. The molecule has 106 valence electrons. The Hall–Kier alpha value is -0.650. The summed E-state index contributed by atoms with van der Waals surface area (Å²) in [7, 11) is 0. The number of nitrogens with zero attached hydrogens (tertiary/aromatic N) is 1. The first kappa shape index (κ1) is 15.4. The minimum absolute atomic E-state index is 0.000145. The van der Waals surface area contributed by atoms with Crippen LogP contribution in [0.1, 0.15) is 26.7 Å². The number of likely N-dealkylation sites (N-methyl/N-ethyl adjacent to an activating group) is 1. The van der Waals surface area contributed by atoms with E-state index in [0.717, 1.165) is 39.1 Å². The van der Waals surface area contributed by atoms with Gasteiger partial charge in [-0.1, -0.05) is 13.8 Å². The van der Waals surface area contributed by atoms with Crippen LogP contribution in [0.25, 0.3) is 0 Å². The van der Waals surface area contributed by atoms with E-state index in [9.17, 15) is 4.79 Å². The van der Waals surface area contributed by atoms with E-state index in [1.165, 1.54) is 0 Å². The minimum Gasteiger partial charge on any atom is -0.378 e. The summed E-state index contributed by atoms with van der Waals surface area (Å²) in [5.41, 5.74) is 0. The number of ether oxygens (including phenoxy) is 2. The van der Waals surface area contributed by atoms with Crippen molar-refractivity contribution >= 4 is 5.91 Å². The van der Waals surface area contributed by atoms with Gasteiger partial charge < -0.3 is 19.7 Å². The molecule has 0 saturated carbocycles. The second-order valence-corrected chi connectivity index (χ2v) is 4.43. The Morgan fingerprint density at radius 3 is 2.78 bits per heavy atom. The van der Waals surface area contributed by atoms with Gasteiger partial charge in [-0.15, -0.1) is 0 Å². The average molecular weight is 258 g/mol. The maximum absolute atomic E-state index is 11.6. The quantitative estimate of drug-likeness (QED) is 0.617. The van der Waals surface area contributed by atoms with Gasteiger partial charge in [0.15, 0.2) is 0 Å². The summed E-state index contributed by atoms with van der Waals surface area (Å²) in [6, 6.07) is 0. The molecule has 0 aromatic rings. The molecule has 0 aromatic carbocycles. The van der Waals surface area contributed by atoms with E-state index in [1.54, 1.807) is 0 Å². The SMILES string of the molecule is CCN(CC)CCOCCNC(=O)C1CCCO1. The zero-order valence-corrected chi connectivity index (χ0v) is 11.6. The van der Waals surface area contributed by atoms with E-state index in [1.807, 2.05) is 0 Å². The molecule has 1 amide bonds. The first-order valence-electron chi connectivity index (χ1n) is 6.97. The summed E-state index contributed by atoms with van der Waals surface area (Å²) in [6.07, 6.45) is 1.59. The molecule has 5 nitrogen and oxygen atoms in total. The lowest BCUT2D eigenvalue weighted by atomic mass is 10.2. The van der Waals surface area contributed by atoms with Crippen molar-refractivity contribution in [3.8, 4) is 0 Å². The molecule has 1 aliphatic heterocycles. The van der Waals surface area contributed by atoms with Crippen LogP contribution in [0.2, 0.25) is 0 Å². The number of rotatable bonds is 9. The van der Waals surface area contributed by atoms with E-state index < -0.39 is 0 Å². The molecule has 1 heterocycles. The van der Waals surface area contributed by atoms with Crippen LogP contribution >= 0.6 is 0 Å². The summed E-state index contributed by atoms with van der Waals surface area (Å²) in [4.78, 5) is 13.9. The lowest BCUT2D eigenvalue weighted by Crippen LogP contribution is -2.36. The lowest BCUT2D eigenvalue weighted by Gasteiger charge is -2.17. The number of hydrogen-bond donors (Lipinski definition) is 1. The second-order valence-electron chi connectivity index (χ2n) is 4.43. The molecule has 1 N–H and O–H groups in total. The van der Waals surface area contributed by atoms with Crippen LogP contribution in [0.15, 0.2) is 0 Å². The monoisotopic (exact) mass is 258 g/mol. The van der Waals surface area contributed by atoms with Crippen molar-refractivity contribution in [2.24, 2.45) is 0 Å². The van der Waals surface area contributed by atoms with Gasteiger partial charge >= 0.3 is 0 Å². The van der Waals surface area contributed by atoms with Crippen molar-refractivity contribution in [1.29, 1.82) is 0 Å². The Morgan fingerprint density at radius 2 is 2.17 bits per heavy atom. The largest absolute Gasteiger partial charge is 0.378 e.